The molecule has 0 spiro atoms. The van der Waals surface area contributed by atoms with Crippen molar-refractivity contribution in [3.05, 3.63) is 21.9 Å². The van der Waals surface area contributed by atoms with Gasteiger partial charge in [-0.15, -0.1) is 11.3 Å². The Morgan fingerprint density at radius 3 is 2.91 bits per heavy atom. The molecule has 0 saturated heterocycles. The van der Waals surface area contributed by atoms with E-state index in [0.29, 0.717) is 16.7 Å². The first kappa shape index (κ1) is 7.94. The van der Waals surface area contributed by atoms with E-state index in [1.807, 2.05) is 0 Å². The van der Waals surface area contributed by atoms with E-state index >= 15 is 0 Å². The quantitative estimate of drug-likeness (QED) is 0.693. The van der Waals surface area contributed by atoms with Crippen LogP contribution in [-0.2, 0) is 11.2 Å². The van der Waals surface area contributed by atoms with Crippen molar-refractivity contribution >= 4 is 23.6 Å². The van der Waals surface area contributed by atoms with Gasteiger partial charge in [0.05, 0.1) is 6.42 Å². The zero-order valence-corrected chi connectivity index (χ0v) is 6.43. The van der Waals surface area contributed by atoms with Gasteiger partial charge in [-0.1, -0.05) is 0 Å². The number of thiophene rings is 1. The average molecular weight is 170 g/mol. The van der Waals surface area contributed by atoms with Crippen molar-refractivity contribution in [2.24, 2.45) is 0 Å². The number of hydrogen-bond acceptors (Lipinski definition) is 3. The lowest BCUT2D eigenvalue weighted by molar-refractivity contribution is -0.136. The first-order valence-corrected chi connectivity index (χ1v) is 3.84. The molecular weight excluding hydrogens is 164 g/mol. The molecule has 0 bridgehead atoms. The number of carboxylic acid groups (broad SMARTS) is 1. The van der Waals surface area contributed by atoms with Gasteiger partial charge in [0.15, 0.2) is 6.29 Å². The van der Waals surface area contributed by atoms with E-state index in [0.717, 1.165) is 0 Å². The van der Waals surface area contributed by atoms with Crippen molar-refractivity contribution in [1.29, 1.82) is 0 Å². The third-order valence-electron chi connectivity index (χ3n) is 1.14. The fraction of sp³-hybridized carbons (Fsp3) is 0.143. The molecule has 0 aliphatic heterocycles. The second-order valence-electron chi connectivity index (χ2n) is 2.03. The highest BCUT2D eigenvalue weighted by atomic mass is 32.1. The van der Waals surface area contributed by atoms with Crippen LogP contribution in [0.15, 0.2) is 11.4 Å². The fourth-order valence-electron chi connectivity index (χ4n) is 0.701. The molecule has 0 aliphatic carbocycles. The van der Waals surface area contributed by atoms with E-state index in [4.69, 9.17) is 5.11 Å². The van der Waals surface area contributed by atoms with E-state index in [1.54, 1.807) is 11.4 Å². The molecule has 1 N–H and O–H groups in total. The summed E-state index contributed by atoms with van der Waals surface area (Å²) in [6.45, 7) is 0. The van der Waals surface area contributed by atoms with Crippen LogP contribution in [0.5, 0.6) is 0 Å². The van der Waals surface area contributed by atoms with Gasteiger partial charge in [0.1, 0.15) is 0 Å². The highest BCUT2D eigenvalue weighted by Gasteiger charge is 2.02. The zero-order chi connectivity index (χ0) is 8.27. The number of aliphatic carboxylic acids is 1. The van der Waals surface area contributed by atoms with Gasteiger partial charge in [0, 0.05) is 15.8 Å². The highest BCUT2D eigenvalue weighted by Crippen LogP contribution is 2.13. The third-order valence-corrected chi connectivity index (χ3v) is 2.09. The van der Waals surface area contributed by atoms with Gasteiger partial charge in [-0.25, -0.2) is 0 Å². The topological polar surface area (TPSA) is 54.4 Å². The minimum Gasteiger partial charge on any atom is -0.481 e. The van der Waals surface area contributed by atoms with Crippen LogP contribution in [0.2, 0.25) is 0 Å². The van der Waals surface area contributed by atoms with Gasteiger partial charge in [0.25, 0.3) is 0 Å². The van der Waals surface area contributed by atoms with Crippen LogP contribution >= 0.6 is 11.3 Å². The van der Waals surface area contributed by atoms with Crippen LogP contribution in [0.25, 0.3) is 0 Å². The third kappa shape index (κ3) is 2.16. The Kier molecular flexibility index (Phi) is 2.38. The maximum absolute atomic E-state index is 10.2. The number of rotatable bonds is 3. The normalized spacial score (nSPS) is 9.45. The Labute approximate surface area is 67.3 Å². The lowest BCUT2D eigenvalue weighted by Crippen LogP contribution is -1.97. The molecule has 1 heterocycles. The molecule has 0 radical (unpaired) electrons. The first-order valence-electron chi connectivity index (χ1n) is 2.97. The SMILES string of the molecule is O=Cc1csc(CC(=O)O)c1. The van der Waals surface area contributed by atoms with Crippen LogP contribution in [0, 0.1) is 0 Å². The van der Waals surface area contributed by atoms with Gasteiger partial charge in [-0.2, -0.15) is 0 Å². The summed E-state index contributed by atoms with van der Waals surface area (Å²) in [5, 5.41) is 10.0. The second-order valence-corrected chi connectivity index (χ2v) is 3.03. The van der Waals surface area contributed by atoms with Crippen molar-refractivity contribution in [2.45, 2.75) is 6.42 Å². The molecule has 11 heavy (non-hydrogen) atoms. The summed E-state index contributed by atoms with van der Waals surface area (Å²) in [6, 6.07) is 1.59. The minimum atomic E-state index is -0.871. The molecule has 1 rings (SSSR count). The largest absolute Gasteiger partial charge is 0.481 e. The molecule has 0 saturated carbocycles. The molecule has 1 aromatic rings. The molecule has 0 aromatic carbocycles. The number of carbonyl (C=O) groups excluding carboxylic acids is 1. The van der Waals surface area contributed by atoms with Crippen LogP contribution < -0.4 is 0 Å². The molecule has 0 unspecified atom stereocenters. The van der Waals surface area contributed by atoms with Crippen molar-refractivity contribution in [3.63, 3.8) is 0 Å². The van der Waals surface area contributed by atoms with Gasteiger partial charge in [0.2, 0.25) is 0 Å². The Hall–Kier alpha value is -1.16. The summed E-state index contributed by atoms with van der Waals surface area (Å²) in [7, 11) is 0. The lowest BCUT2D eigenvalue weighted by atomic mass is 10.3. The van der Waals surface area contributed by atoms with Gasteiger partial charge in [-0.05, 0) is 6.07 Å². The van der Waals surface area contributed by atoms with E-state index in [9.17, 15) is 9.59 Å². The van der Waals surface area contributed by atoms with Gasteiger partial charge in [-0.3, -0.25) is 9.59 Å². The van der Waals surface area contributed by atoms with Crippen LogP contribution in [0.4, 0.5) is 0 Å². The molecule has 1 aromatic heterocycles. The Bertz CT molecular complexity index is 277. The van der Waals surface area contributed by atoms with Crippen LogP contribution in [-0.4, -0.2) is 17.4 Å². The molecule has 4 heteroatoms. The monoisotopic (exact) mass is 170 g/mol. The summed E-state index contributed by atoms with van der Waals surface area (Å²) < 4.78 is 0. The first-order chi connectivity index (χ1) is 5.22. The van der Waals surface area contributed by atoms with Crippen LogP contribution in [0.1, 0.15) is 15.2 Å². The lowest BCUT2D eigenvalue weighted by Gasteiger charge is -1.85. The Morgan fingerprint density at radius 1 is 1.73 bits per heavy atom. The Balaban J connectivity index is 2.72. The van der Waals surface area contributed by atoms with E-state index < -0.39 is 5.97 Å². The van der Waals surface area contributed by atoms with Gasteiger partial charge >= 0.3 is 5.97 Å². The standard InChI is InChI=1S/C7H6O3S/c8-3-5-1-6(11-4-5)2-7(9)10/h1,3-4H,2H2,(H,9,10). The average Bonchev–Trinajstić information content (AvgIpc) is 2.34. The highest BCUT2D eigenvalue weighted by molar-refractivity contribution is 7.10. The molecule has 0 amide bonds. The molecular formula is C7H6O3S. The van der Waals surface area contributed by atoms with Crippen molar-refractivity contribution < 1.29 is 14.7 Å². The summed E-state index contributed by atoms with van der Waals surface area (Å²) in [6.07, 6.45) is 0.709. The smallest absolute Gasteiger partial charge is 0.308 e. The predicted octanol–water partition coefficient (Wildman–Crippen LogP) is 1.19. The summed E-state index contributed by atoms with van der Waals surface area (Å²) >= 11 is 1.29. The summed E-state index contributed by atoms with van der Waals surface area (Å²) in [4.78, 5) is 21.1. The minimum absolute atomic E-state index is 0.00148. The zero-order valence-electron chi connectivity index (χ0n) is 5.61. The summed E-state index contributed by atoms with van der Waals surface area (Å²) in [5.74, 6) is -0.871. The van der Waals surface area contributed by atoms with Crippen molar-refractivity contribution in [1.82, 2.24) is 0 Å². The molecule has 0 atom stereocenters. The van der Waals surface area contributed by atoms with E-state index in [2.05, 4.69) is 0 Å². The fourth-order valence-corrected chi connectivity index (χ4v) is 1.52. The van der Waals surface area contributed by atoms with Gasteiger partial charge < -0.3 is 5.11 Å². The van der Waals surface area contributed by atoms with Crippen LogP contribution in [0.3, 0.4) is 0 Å². The maximum atomic E-state index is 10.2. The Morgan fingerprint density at radius 2 is 2.45 bits per heavy atom. The maximum Gasteiger partial charge on any atom is 0.308 e. The van der Waals surface area contributed by atoms with E-state index in [-0.39, 0.29) is 6.42 Å². The van der Waals surface area contributed by atoms with Crippen molar-refractivity contribution in [2.75, 3.05) is 0 Å². The number of aldehydes is 1. The van der Waals surface area contributed by atoms with E-state index in [1.165, 1.54) is 11.3 Å². The summed E-state index contributed by atoms with van der Waals surface area (Å²) in [5.41, 5.74) is 0.547. The number of carbonyl (C=O) groups is 2. The molecule has 0 aliphatic rings. The molecule has 3 nitrogen and oxygen atoms in total. The predicted molar refractivity (Wildman–Crippen MR) is 41.0 cm³/mol. The molecule has 0 fully saturated rings. The van der Waals surface area contributed by atoms with Crippen molar-refractivity contribution in [3.8, 4) is 0 Å². The number of hydrogen-bond donors (Lipinski definition) is 1. The second kappa shape index (κ2) is 3.30. The number of carboxylic acids is 1. The molecule has 58 valence electrons.